The molecule has 8 atom stereocenters. The molecule has 0 saturated carbocycles. The van der Waals surface area contributed by atoms with Crippen molar-refractivity contribution in [3.8, 4) is 0 Å². The number of hydrogen-bond acceptors (Lipinski definition) is 10. The highest BCUT2D eigenvalue weighted by Crippen LogP contribution is 2.26. The number of hydrogen-bond donors (Lipinski definition) is 6. The van der Waals surface area contributed by atoms with Gasteiger partial charge in [-0.25, -0.2) is 0 Å². The van der Waals surface area contributed by atoms with E-state index in [2.05, 4.69) is 99.0 Å². The summed E-state index contributed by atoms with van der Waals surface area (Å²) in [4.78, 5) is 26.7. The van der Waals surface area contributed by atoms with Gasteiger partial charge in [0.05, 0.1) is 25.4 Å². The molecule has 1 heterocycles. The summed E-state index contributed by atoms with van der Waals surface area (Å²) in [6, 6.07) is -1.04. The molecular formula is C73H129NO10. The van der Waals surface area contributed by atoms with Gasteiger partial charge in [0.1, 0.15) is 24.4 Å². The van der Waals surface area contributed by atoms with Crippen molar-refractivity contribution in [2.45, 2.75) is 352 Å². The van der Waals surface area contributed by atoms with Crippen LogP contribution in [0.1, 0.15) is 303 Å². The van der Waals surface area contributed by atoms with E-state index in [-0.39, 0.29) is 19.4 Å². The van der Waals surface area contributed by atoms with Crippen molar-refractivity contribution in [1.82, 2.24) is 5.32 Å². The molecule has 486 valence electrons. The number of unbranched alkanes of at least 4 members (excludes halogenated alkanes) is 33. The van der Waals surface area contributed by atoms with Crippen LogP contribution >= 0.6 is 0 Å². The second-order valence-corrected chi connectivity index (χ2v) is 23.9. The zero-order valence-electron chi connectivity index (χ0n) is 54.0. The molecule has 11 nitrogen and oxygen atoms in total. The third-order valence-electron chi connectivity index (χ3n) is 16.0. The molecule has 0 bridgehead atoms. The fourth-order valence-electron chi connectivity index (χ4n) is 10.5. The third kappa shape index (κ3) is 47.0. The Morgan fingerprint density at radius 1 is 0.464 bits per heavy atom. The average Bonchev–Trinajstić information content (AvgIpc) is 3.69. The molecular weight excluding hydrogens is 1050 g/mol. The quantitative estimate of drug-likeness (QED) is 0.0195. The Bertz CT molecular complexity index is 1690. The van der Waals surface area contributed by atoms with Crippen LogP contribution in [0.15, 0.2) is 85.1 Å². The van der Waals surface area contributed by atoms with E-state index in [1.807, 2.05) is 6.08 Å². The molecule has 0 spiro atoms. The Morgan fingerprint density at radius 3 is 1.25 bits per heavy atom. The number of amides is 1. The molecule has 1 saturated heterocycles. The first kappa shape index (κ1) is 78.9. The van der Waals surface area contributed by atoms with Gasteiger partial charge >= 0.3 is 5.97 Å². The van der Waals surface area contributed by atoms with E-state index >= 15 is 0 Å². The van der Waals surface area contributed by atoms with Gasteiger partial charge in [0, 0.05) is 6.42 Å². The summed E-state index contributed by atoms with van der Waals surface area (Å²) in [5.74, 6) is -1.21. The van der Waals surface area contributed by atoms with Gasteiger partial charge < -0.3 is 45.1 Å². The van der Waals surface area contributed by atoms with Crippen molar-refractivity contribution in [3.05, 3.63) is 85.1 Å². The summed E-state index contributed by atoms with van der Waals surface area (Å²) in [5.41, 5.74) is 0. The maximum Gasteiger partial charge on any atom is 0.306 e. The Kier molecular flexibility index (Phi) is 56.5. The highest BCUT2D eigenvalue weighted by Gasteiger charge is 2.47. The summed E-state index contributed by atoms with van der Waals surface area (Å²) in [6.07, 6.45) is 69.0. The molecule has 8 unspecified atom stereocenters. The van der Waals surface area contributed by atoms with E-state index in [0.29, 0.717) is 12.8 Å². The molecule has 0 aliphatic carbocycles. The minimum Gasteiger partial charge on any atom is -0.454 e. The average molecular weight is 1180 g/mol. The van der Waals surface area contributed by atoms with Crippen molar-refractivity contribution >= 4 is 11.9 Å². The van der Waals surface area contributed by atoms with Crippen molar-refractivity contribution in [3.63, 3.8) is 0 Å². The highest BCUT2D eigenvalue weighted by atomic mass is 16.7. The maximum atomic E-state index is 13.5. The molecule has 0 radical (unpaired) electrons. The van der Waals surface area contributed by atoms with Crippen molar-refractivity contribution < 1.29 is 49.3 Å². The lowest BCUT2D eigenvalue weighted by Crippen LogP contribution is -2.61. The normalized spacial score (nSPS) is 19.0. The second kappa shape index (κ2) is 60.1. The molecule has 1 fully saturated rings. The second-order valence-electron chi connectivity index (χ2n) is 23.9. The van der Waals surface area contributed by atoms with Crippen LogP contribution in [0.25, 0.3) is 0 Å². The number of allylic oxidation sites excluding steroid dienone is 13. The molecule has 1 aliphatic rings. The highest BCUT2D eigenvalue weighted by molar-refractivity contribution is 5.80. The zero-order valence-corrected chi connectivity index (χ0v) is 54.0. The molecule has 0 aromatic heterocycles. The first-order chi connectivity index (χ1) is 41.2. The molecule has 0 aromatic rings. The predicted octanol–water partition coefficient (Wildman–Crippen LogP) is 17.7. The van der Waals surface area contributed by atoms with Gasteiger partial charge in [-0.3, -0.25) is 9.59 Å². The van der Waals surface area contributed by atoms with E-state index in [1.54, 1.807) is 6.08 Å². The largest absolute Gasteiger partial charge is 0.454 e. The Hall–Kier alpha value is -3.16. The fraction of sp³-hybridized carbons (Fsp3) is 0.781. The molecule has 1 amide bonds. The van der Waals surface area contributed by atoms with E-state index in [0.717, 1.165) is 96.3 Å². The van der Waals surface area contributed by atoms with Crippen LogP contribution in [0.4, 0.5) is 0 Å². The number of carbonyl (C=O) groups is 2. The Morgan fingerprint density at radius 2 is 0.821 bits per heavy atom. The van der Waals surface area contributed by atoms with Gasteiger partial charge in [-0.15, -0.1) is 0 Å². The first-order valence-electron chi connectivity index (χ1n) is 34.9. The van der Waals surface area contributed by atoms with Crippen molar-refractivity contribution in [2.24, 2.45) is 0 Å². The molecule has 0 aromatic carbocycles. The monoisotopic (exact) mass is 1180 g/mol. The number of nitrogens with one attached hydrogen (secondary N) is 1. The Labute approximate surface area is 514 Å². The van der Waals surface area contributed by atoms with Crippen LogP contribution < -0.4 is 5.32 Å². The molecule has 1 aliphatic heterocycles. The molecule has 1 rings (SSSR count). The maximum absolute atomic E-state index is 13.5. The number of carbonyl (C=O) groups excluding carboxylic acids is 2. The lowest BCUT2D eigenvalue weighted by atomic mass is 9.99. The molecule has 11 heteroatoms. The van der Waals surface area contributed by atoms with Crippen LogP contribution in [-0.4, -0.2) is 99.6 Å². The topological polar surface area (TPSA) is 175 Å². The van der Waals surface area contributed by atoms with Gasteiger partial charge in [0.2, 0.25) is 5.91 Å². The predicted molar refractivity (Wildman–Crippen MR) is 352 cm³/mol. The van der Waals surface area contributed by atoms with Crippen LogP contribution in [0, 0.1) is 0 Å². The van der Waals surface area contributed by atoms with Gasteiger partial charge in [-0.2, -0.15) is 0 Å². The number of aliphatic hydroxyl groups excluding tert-OH is 5. The minimum atomic E-state index is -1.62. The third-order valence-corrected chi connectivity index (χ3v) is 16.0. The van der Waals surface area contributed by atoms with Crippen molar-refractivity contribution in [1.29, 1.82) is 0 Å². The van der Waals surface area contributed by atoms with Gasteiger partial charge in [0.15, 0.2) is 12.4 Å². The lowest BCUT2D eigenvalue weighted by molar-refractivity contribution is -0.305. The first-order valence-corrected chi connectivity index (χ1v) is 34.9. The summed E-state index contributed by atoms with van der Waals surface area (Å²) < 4.78 is 17.7. The summed E-state index contributed by atoms with van der Waals surface area (Å²) in [6.45, 7) is 5.75. The standard InChI is InChI=1S/C73H129NO10/c1-4-7-10-13-16-19-22-25-27-29-31-32-33-34-35-36-37-39-41-43-46-49-52-55-58-61-68(78)84-71-70(80)69(79)67(62-75)83-73(71)82-63-64(65(76)59-56-53-50-47-44-24-21-18-15-12-9-6-3)74-72(81)66(77)60-57-54-51-48-45-42-40-38-30-28-26-23-20-17-14-11-8-5-2/h16-17,19-20,25-28,31-32,38,40,56,59,64-67,69-71,73,75-77,79-80H,4-15,18,21-24,29-30,33-37,39,41-55,57-58,60-63H2,1-3H3,(H,74,81)/b19-16-,20-17-,27-25-,28-26-,32-31-,40-38-,59-56+. The summed E-state index contributed by atoms with van der Waals surface area (Å²) in [7, 11) is 0. The summed E-state index contributed by atoms with van der Waals surface area (Å²) >= 11 is 0. The van der Waals surface area contributed by atoms with Crippen molar-refractivity contribution in [2.75, 3.05) is 13.2 Å². The van der Waals surface area contributed by atoms with E-state index < -0.39 is 67.4 Å². The van der Waals surface area contributed by atoms with Crippen LogP contribution in [0.5, 0.6) is 0 Å². The Balaban J connectivity index is 2.59. The number of aliphatic hydroxyl groups is 5. The fourth-order valence-corrected chi connectivity index (χ4v) is 10.5. The zero-order chi connectivity index (χ0) is 61.0. The summed E-state index contributed by atoms with van der Waals surface area (Å²) in [5, 5.41) is 57.2. The van der Waals surface area contributed by atoms with Gasteiger partial charge in [0.25, 0.3) is 0 Å². The van der Waals surface area contributed by atoms with Gasteiger partial charge in [-0.1, -0.05) is 279 Å². The lowest BCUT2D eigenvalue weighted by Gasteiger charge is -2.41. The number of esters is 1. The molecule has 6 N–H and O–H groups in total. The van der Waals surface area contributed by atoms with Crippen LogP contribution in [0.3, 0.4) is 0 Å². The number of rotatable bonds is 59. The van der Waals surface area contributed by atoms with Crippen LogP contribution in [-0.2, 0) is 23.8 Å². The molecule has 84 heavy (non-hydrogen) atoms. The number of ether oxygens (including phenoxy) is 3. The van der Waals surface area contributed by atoms with Gasteiger partial charge in [-0.05, 0) is 103 Å². The SMILES string of the molecule is CCCCC/C=C\C/C=C\C/C=C\CCCCCCCCCCCCCCC(=O)OC1C(OCC(NC(=O)C(O)CCCCCCC/C=C\C/C=C\C/C=C\CCCCC)C(O)/C=C/CCCCCCCCCCCC)OC(CO)C(O)C1O. The van der Waals surface area contributed by atoms with Crippen LogP contribution in [0.2, 0.25) is 0 Å². The van der Waals surface area contributed by atoms with E-state index in [9.17, 15) is 35.1 Å². The van der Waals surface area contributed by atoms with E-state index in [4.69, 9.17) is 14.2 Å². The van der Waals surface area contributed by atoms with E-state index in [1.165, 1.54) is 161 Å². The smallest absolute Gasteiger partial charge is 0.306 e. The minimum absolute atomic E-state index is 0.117.